The quantitative estimate of drug-likeness (QED) is 0.735. The second kappa shape index (κ2) is 4.88. The van der Waals surface area contributed by atoms with Crippen molar-refractivity contribution in [2.75, 3.05) is 0 Å². The number of nitrogens with zero attached hydrogens (tertiary/aromatic N) is 2. The van der Waals surface area contributed by atoms with Gasteiger partial charge in [-0.2, -0.15) is 0 Å². The van der Waals surface area contributed by atoms with E-state index in [0.29, 0.717) is 6.54 Å². The molecule has 5 heteroatoms. The van der Waals surface area contributed by atoms with Gasteiger partial charge in [-0.05, 0) is 0 Å². The van der Waals surface area contributed by atoms with Crippen LogP contribution in [0.4, 0.5) is 0 Å². The molecule has 90 valence electrons. The molecule has 0 N–H and O–H groups in total. The summed E-state index contributed by atoms with van der Waals surface area (Å²) < 4.78 is 1.70. The molecule has 18 heavy (non-hydrogen) atoms. The van der Waals surface area contributed by atoms with Gasteiger partial charge in [0.15, 0.2) is 0 Å². The predicted octanol–water partition coefficient (Wildman–Crippen LogP) is 3.08. The third-order valence-electron chi connectivity index (χ3n) is 2.52. The molecule has 3 aromatic rings. The molecular formula is C13H10N2OS2. The first-order valence-corrected chi connectivity index (χ1v) is 7.19. The zero-order valence-electron chi connectivity index (χ0n) is 9.45. The van der Waals surface area contributed by atoms with E-state index >= 15 is 0 Å². The summed E-state index contributed by atoms with van der Waals surface area (Å²) in [5.74, 6) is 0. The van der Waals surface area contributed by atoms with Crippen molar-refractivity contribution in [3.63, 3.8) is 0 Å². The highest BCUT2D eigenvalue weighted by Crippen LogP contribution is 2.23. The van der Waals surface area contributed by atoms with E-state index in [-0.39, 0.29) is 5.56 Å². The van der Waals surface area contributed by atoms with Crippen molar-refractivity contribution in [2.45, 2.75) is 6.54 Å². The van der Waals surface area contributed by atoms with Gasteiger partial charge < -0.3 is 0 Å². The Morgan fingerprint density at radius 3 is 2.72 bits per heavy atom. The molecule has 0 radical (unpaired) electrons. The Kier molecular flexibility index (Phi) is 3.08. The molecule has 0 spiro atoms. The van der Waals surface area contributed by atoms with Crippen molar-refractivity contribution in [1.29, 1.82) is 0 Å². The lowest BCUT2D eigenvalue weighted by molar-refractivity contribution is 0.827. The van der Waals surface area contributed by atoms with Gasteiger partial charge in [-0.15, -0.1) is 11.3 Å². The fraction of sp³-hybridized carbons (Fsp3) is 0.0769. The van der Waals surface area contributed by atoms with Gasteiger partial charge in [-0.25, -0.2) is 4.98 Å². The zero-order valence-corrected chi connectivity index (χ0v) is 11.1. The summed E-state index contributed by atoms with van der Waals surface area (Å²) in [5, 5.41) is 4.80. The van der Waals surface area contributed by atoms with Crippen LogP contribution in [0.3, 0.4) is 0 Å². The number of aromatic nitrogens is 2. The van der Waals surface area contributed by atoms with Crippen LogP contribution >= 0.6 is 22.9 Å². The summed E-state index contributed by atoms with van der Waals surface area (Å²) in [6.45, 7) is 0.555. The topological polar surface area (TPSA) is 34.9 Å². The first-order chi connectivity index (χ1) is 8.83. The van der Waals surface area contributed by atoms with Crippen LogP contribution in [0.1, 0.15) is 5.69 Å². The van der Waals surface area contributed by atoms with Gasteiger partial charge >= 0.3 is 0 Å². The highest BCUT2D eigenvalue weighted by Gasteiger charge is 2.06. The second-order valence-corrected chi connectivity index (χ2v) is 5.57. The molecule has 0 aliphatic carbocycles. The molecule has 3 nitrogen and oxygen atoms in total. The van der Waals surface area contributed by atoms with Crippen LogP contribution in [-0.4, -0.2) is 8.94 Å². The molecule has 0 amide bonds. The van der Waals surface area contributed by atoms with Crippen LogP contribution in [0.5, 0.6) is 0 Å². The maximum absolute atomic E-state index is 11.4. The lowest BCUT2D eigenvalue weighted by atomic mass is 10.2. The summed E-state index contributed by atoms with van der Waals surface area (Å²) in [6, 6.07) is 11.7. The molecule has 0 bridgehead atoms. The Morgan fingerprint density at radius 2 is 2.00 bits per heavy atom. The highest BCUT2D eigenvalue weighted by atomic mass is 32.1. The summed E-state index contributed by atoms with van der Waals surface area (Å²) >= 11 is 3.03. The van der Waals surface area contributed by atoms with Crippen LogP contribution in [-0.2, 0) is 6.54 Å². The summed E-state index contributed by atoms with van der Waals surface area (Å²) in [4.78, 5) is 16.0. The van der Waals surface area contributed by atoms with Crippen molar-refractivity contribution in [3.05, 3.63) is 63.2 Å². The number of rotatable bonds is 3. The van der Waals surface area contributed by atoms with E-state index in [1.165, 1.54) is 11.5 Å². The van der Waals surface area contributed by atoms with Crippen LogP contribution in [0.15, 0.2) is 52.0 Å². The molecule has 0 atom stereocenters. The molecule has 0 aliphatic rings. The largest absolute Gasteiger partial charge is 0.268 e. The first-order valence-electron chi connectivity index (χ1n) is 5.47. The minimum Gasteiger partial charge on any atom is -0.268 e. The highest BCUT2D eigenvalue weighted by molar-refractivity contribution is 7.13. The van der Waals surface area contributed by atoms with Crippen LogP contribution < -0.4 is 5.56 Å². The van der Waals surface area contributed by atoms with Crippen molar-refractivity contribution in [3.8, 4) is 10.6 Å². The standard InChI is InChI=1S/C13H10N2OS2/c16-12-6-7-18-15(12)8-11-9-17-13(14-11)10-4-2-1-3-5-10/h1-7,9H,8H2. The van der Waals surface area contributed by atoms with E-state index in [1.807, 2.05) is 35.7 Å². The van der Waals surface area contributed by atoms with Crippen LogP contribution in [0, 0.1) is 0 Å². The monoisotopic (exact) mass is 274 g/mol. The molecule has 2 aromatic heterocycles. The Morgan fingerprint density at radius 1 is 1.17 bits per heavy atom. The molecule has 0 fully saturated rings. The van der Waals surface area contributed by atoms with Gasteiger partial charge in [0.05, 0.1) is 12.2 Å². The van der Waals surface area contributed by atoms with Gasteiger partial charge in [-0.1, -0.05) is 41.9 Å². The van der Waals surface area contributed by atoms with Crippen LogP contribution in [0.2, 0.25) is 0 Å². The third-order valence-corrected chi connectivity index (χ3v) is 4.28. The average molecular weight is 274 g/mol. The minimum absolute atomic E-state index is 0.0364. The molecule has 0 unspecified atom stereocenters. The van der Waals surface area contributed by atoms with Gasteiger partial charge in [0.1, 0.15) is 5.01 Å². The van der Waals surface area contributed by atoms with Gasteiger partial charge in [-0.3, -0.25) is 8.75 Å². The van der Waals surface area contributed by atoms with Crippen molar-refractivity contribution in [2.24, 2.45) is 0 Å². The maximum atomic E-state index is 11.4. The Bertz CT molecular complexity index is 697. The number of hydrogen-bond acceptors (Lipinski definition) is 4. The van der Waals surface area contributed by atoms with E-state index in [2.05, 4.69) is 4.98 Å². The number of hydrogen-bond donors (Lipinski definition) is 0. The Hall–Kier alpha value is -1.72. The summed E-state index contributed by atoms with van der Waals surface area (Å²) in [5.41, 5.74) is 2.09. The molecule has 2 heterocycles. The lowest BCUT2D eigenvalue weighted by Crippen LogP contribution is -2.12. The molecule has 3 rings (SSSR count). The fourth-order valence-electron chi connectivity index (χ4n) is 1.65. The molecule has 1 aromatic carbocycles. The first kappa shape index (κ1) is 11.4. The van der Waals surface area contributed by atoms with Gasteiger partial charge in [0, 0.05) is 22.4 Å². The van der Waals surface area contributed by atoms with Crippen molar-refractivity contribution >= 4 is 22.9 Å². The molecule has 0 saturated heterocycles. The second-order valence-electron chi connectivity index (χ2n) is 3.79. The van der Waals surface area contributed by atoms with E-state index in [9.17, 15) is 4.79 Å². The number of benzene rings is 1. The number of thiazole rings is 1. The minimum atomic E-state index is 0.0364. The summed E-state index contributed by atoms with van der Waals surface area (Å²) in [6.07, 6.45) is 0. The lowest BCUT2D eigenvalue weighted by Gasteiger charge is -1.96. The van der Waals surface area contributed by atoms with Crippen LogP contribution in [0.25, 0.3) is 10.6 Å². The average Bonchev–Trinajstić information content (AvgIpc) is 3.02. The van der Waals surface area contributed by atoms with E-state index in [0.717, 1.165) is 16.3 Å². The van der Waals surface area contributed by atoms with Gasteiger partial charge in [0.25, 0.3) is 5.56 Å². The smallest absolute Gasteiger partial charge is 0.260 e. The zero-order chi connectivity index (χ0) is 12.4. The molecule has 0 aliphatic heterocycles. The Labute approximate surface area is 112 Å². The van der Waals surface area contributed by atoms with Crippen molar-refractivity contribution in [1.82, 2.24) is 8.94 Å². The maximum Gasteiger partial charge on any atom is 0.260 e. The Balaban J connectivity index is 1.87. The van der Waals surface area contributed by atoms with E-state index < -0.39 is 0 Å². The molecule has 0 saturated carbocycles. The van der Waals surface area contributed by atoms with Gasteiger partial charge in [0.2, 0.25) is 0 Å². The van der Waals surface area contributed by atoms with Crippen molar-refractivity contribution < 1.29 is 0 Å². The summed E-state index contributed by atoms with van der Waals surface area (Å²) in [7, 11) is 0. The van der Waals surface area contributed by atoms with E-state index in [4.69, 9.17) is 0 Å². The normalized spacial score (nSPS) is 10.7. The van der Waals surface area contributed by atoms with E-state index in [1.54, 1.807) is 26.7 Å². The third kappa shape index (κ3) is 2.27. The SMILES string of the molecule is O=c1ccsn1Cc1csc(-c2ccccc2)n1. The predicted molar refractivity (Wildman–Crippen MR) is 75.2 cm³/mol. The fourth-order valence-corrected chi connectivity index (χ4v) is 3.17. The molecular weight excluding hydrogens is 264 g/mol.